The lowest BCUT2D eigenvalue weighted by atomic mass is 9.83. The minimum atomic E-state index is -0.400. The maximum Gasteiger partial charge on any atom is 0.242 e. The second-order valence-electron chi connectivity index (χ2n) is 9.52. The lowest BCUT2D eigenvalue weighted by molar-refractivity contribution is -0.131. The number of benzene rings is 2. The number of unbranched alkanes of at least 4 members (excludes halogenated alkanes) is 3. The molecule has 0 spiro atoms. The Kier molecular flexibility index (Phi) is 9.07. The van der Waals surface area contributed by atoms with Gasteiger partial charge in [-0.3, -0.25) is 4.79 Å². The van der Waals surface area contributed by atoms with Gasteiger partial charge in [0.15, 0.2) is 11.5 Å². The number of ether oxygens (including phenoxy) is 3. The molecule has 3 N–H and O–H groups in total. The van der Waals surface area contributed by atoms with Crippen LogP contribution in [0.4, 0.5) is 0 Å². The summed E-state index contributed by atoms with van der Waals surface area (Å²) in [6, 6.07) is 12.4. The summed E-state index contributed by atoms with van der Waals surface area (Å²) in [5, 5.41) is 10.6. The van der Waals surface area contributed by atoms with Gasteiger partial charge in [-0.25, -0.2) is 10.9 Å². The van der Waals surface area contributed by atoms with Crippen molar-refractivity contribution in [1.29, 1.82) is 0 Å². The van der Waals surface area contributed by atoms with Gasteiger partial charge in [-0.05, 0) is 36.6 Å². The number of nitrogens with zero attached hydrogens (tertiary/aromatic N) is 1. The van der Waals surface area contributed by atoms with E-state index in [0.717, 1.165) is 30.4 Å². The van der Waals surface area contributed by atoms with Crippen LogP contribution in [0.25, 0.3) is 0 Å². The number of para-hydroxylation sites is 1. The highest BCUT2D eigenvalue weighted by Gasteiger charge is 2.55. The number of phenols is 1. The van der Waals surface area contributed by atoms with Crippen molar-refractivity contribution in [3.8, 4) is 17.2 Å². The molecular formula is C28H39N3O5. The van der Waals surface area contributed by atoms with E-state index in [-0.39, 0.29) is 29.7 Å². The van der Waals surface area contributed by atoms with Gasteiger partial charge in [-0.1, -0.05) is 50.5 Å². The summed E-state index contributed by atoms with van der Waals surface area (Å²) in [6.45, 7) is 4.00. The molecule has 4 atom stereocenters. The van der Waals surface area contributed by atoms with Crippen molar-refractivity contribution in [2.75, 3.05) is 34.0 Å². The van der Waals surface area contributed by atoms with Crippen LogP contribution in [0, 0.1) is 5.92 Å². The van der Waals surface area contributed by atoms with Crippen molar-refractivity contribution in [2.45, 2.75) is 57.2 Å². The van der Waals surface area contributed by atoms with Crippen LogP contribution in [-0.4, -0.2) is 55.9 Å². The van der Waals surface area contributed by atoms with E-state index in [4.69, 9.17) is 14.2 Å². The maximum absolute atomic E-state index is 13.5. The smallest absolute Gasteiger partial charge is 0.242 e. The predicted molar refractivity (Wildman–Crippen MR) is 138 cm³/mol. The first-order valence-corrected chi connectivity index (χ1v) is 13.0. The van der Waals surface area contributed by atoms with Crippen molar-refractivity contribution in [2.24, 2.45) is 5.92 Å². The summed E-state index contributed by atoms with van der Waals surface area (Å²) in [7, 11) is 3.31. The van der Waals surface area contributed by atoms with Gasteiger partial charge in [0.2, 0.25) is 5.91 Å². The van der Waals surface area contributed by atoms with E-state index in [1.807, 2.05) is 35.2 Å². The number of carbonyl (C=O) groups is 1. The van der Waals surface area contributed by atoms with Crippen LogP contribution in [0.1, 0.15) is 62.2 Å². The Morgan fingerprint density at radius 2 is 1.75 bits per heavy atom. The van der Waals surface area contributed by atoms with E-state index >= 15 is 0 Å². The van der Waals surface area contributed by atoms with Gasteiger partial charge < -0.3 is 24.2 Å². The van der Waals surface area contributed by atoms with Gasteiger partial charge in [-0.15, -0.1) is 0 Å². The van der Waals surface area contributed by atoms with Crippen molar-refractivity contribution in [1.82, 2.24) is 15.8 Å². The van der Waals surface area contributed by atoms with Crippen LogP contribution in [0.3, 0.4) is 0 Å². The molecule has 0 radical (unpaired) electrons. The van der Waals surface area contributed by atoms with E-state index < -0.39 is 6.04 Å². The summed E-state index contributed by atoms with van der Waals surface area (Å²) in [5.74, 6) is 1.50. The molecule has 196 valence electrons. The second kappa shape index (κ2) is 12.4. The van der Waals surface area contributed by atoms with E-state index in [0.29, 0.717) is 31.3 Å². The fourth-order valence-electron chi connectivity index (χ4n) is 5.44. The molecule has 2 aliphatic rings. The molecule has 2 aromatic rings. The highest BCUT2D eigenvalue weighted by molar-refractivity contribution is 5.86. The monoisotopic (exact) mass is 497 g/mol. The van der Waals surface area contributed by atoms with Gasteiger partial charge in [0, 0.05) is 31.7 Å². The lowest BCUT2D eigenvalue weighted by Crippen LogP contribution is -2.41. The van der Waals surface area contributed by atoms with Gasteiger partial charge in [0.25, 0.3) is 0 Å². The minimum absolute atomic E-state index is 0.0433. The molecule has 2 aromatic carbocycles. The Balaban J connectivity index is 1.64. The molecular weight excluding hydrogens is 458 g/mol. The van der Waals surface area contributed by atoms with E-state index in [1.165, 1.54) is 12.8 Å². The first kappa shape index (κ1) is 26.3. The molecule has 0 bridgehead atoms. The Morgan fingerprint density at radius 3 is 2.50 bits per heavy atom. The number of hydrogen-bond acceptors (Lipinski definition) is 7. The van der Waals surface area contributed by atoms with Crippen LogP contribution < -0.4 is 20.3 Å². The van der Waals surface area contributed by atoms with Crippen LogP contribution >= 0.6 is 0 Å². The number of rotatable bonds is 13. The predicted octanol–water partition coefficient (Wildman–Crippen LogP) is 4.11. The molecule has 0 aliphatic carbocycles. The number of methoxy groups -OCH3 is 2. The normalized spacial score (nSPS) is 23.2. The molecule has 2 saturated heterocycles. The lowest BCUT2D eigenvalue weighted by Gasteiger charge is -2.32. The summed E-state index contributed by atoms with van der Waals surface area (Å²) >= 11 is 0. The number of fused-ring (bicyclic) bond motifs is 1. The Labute approximate surface area is 213 Å². The summed E-state index contributed by atoms with van der Waals surface area (Å²) in [4.78, 5) is 15.5. The SMILES string of the molecule is CCCCCCOc1ccc(C2C3C(NNC3c3ccccc3O)C(=O)N2CCCOC)cc1OC. The summed E-state index contributed by atoms with van der Waals surface area (Å²) in [5.41, 5.74) is 8.24. The minimum Gasteiger partial charge on any atom is -0.508 e. The van der Waals surface area contributed by atoms with Gasteiger partial charge in [0.1, 0.15) is 11.8 Å². The molecule has 4 unspecified atom stereocenters. The molecule has 8 nitrogen and oxygen atoms in total. The fourth-order valence-corrected chi connectivity index (χ4v) is 5.44. The topological polar surface area (TPSA) is 92.3 Å². The third-order valence-corrected chi connectivity index (χ3v) is 7.22. The van der Waals surface area contributed by atoms with Crippen molar-refractivity contribution in [3.05, 3.63) is 53.6 Å². The molecule has 2 fully saturated rings. The number of aromatic hydroxyl groups is 1. The highest BCUT2D eigenvalue weighted by Crippen LogP contribution is 2.49. The van der Waals surface area contributed by atoms with Gasteiger partial charge >= 0.3 is 0 Å². The standard InChI is InChI=1S/C28H39N3O5/c1-4-5-6-9-17-36-22-14-13-19(18-23(22)35-3)27-24-25(20-11-7-8-12-21(20)32)29-30-26(24)28(33)31(27)15-10-16-34-2/h7-8,11-14,18,24-27,29-30,32H,4-6,9-10,15-17H2,1-3H3. The highest BCUT2D eigenvalue weighted by atomic mass is 16.5. The van der Waals surface area contributed by atoms with Gasteiger partial charge in [0.05, 0.1) is 25.8 Å². The molecule has 0 aromatic heterocycles. The Hall–Kier alpha value is -2.81. The molecule has 4 rings (SSSR count). The number of carbonyl (C=O) groups excluding carboxylic acids is 1. The molecule has 0 saturated carbocycles. The van der Waals surface area contributed by atoms with E-state index in [2.05, 4.69) is 17.8 Å². The third-order valence-electron chi connectivity index (χ3n) is 7.22. The van der Waals surface area contributed by atoms with Crippen molar-refractivity contribution in [3.63, 3.8) is 0 Å². The summed E-state index contributed by atoms with van der Waals surface area (Å²) < 4.78 is 17.0. The molecule has 1 amide bonds. The zero-order chi connectivity index (χ0) is 25.5. The quantitative estimate of drug-likeness (QED) is 0.359. The Morgan fingerprint density at radius 1 is 0.944 bits per heavy atom. The third kappa shape index (κ3) is 5.45. The van der Waals surface area contributed by atoms with Crippen LogP contribution in [0.2, 0.25) is 0 Å². The molecule has 36 heavy (non-hydrogen) atoms. The van der Waals surface area contributed by atoms with Crippen LogP contribution in [-0.2, 0) is 9.53 Å². The van der Waals surface area contributed by atoms with E-state index in [1.54, 1.807) is 26.4 Å². The average Bonchev–Trinajstić information content (AvgIpc) is 3.43. The second-order valence-corrected chi connectivity index (χ2v) is 9.52. The van der Waals surface area contributed by atoms with Gasteiger partial charge in [-0.2, -0.15) is 0 Å². The maximum atomic E-state index is 13.5. The van der Waals surface area contributed by atoms with Crippen LogP contribution in [0.5, 0.6) is 17.2 Å². The first-order chi connectivity index (χ1) is 17.6. The number of hydrazine groups is 1. The number of nitrogens with one attached hydrogen (secondary N) is 2. The van der Waals surface area contributed by atoms with Crippen LogP contribution in [0.15, 0.2) is 42.5 Å². The largest absolute Gasteiger partial charge is 0.508 e. The zero-order valence-electron chi connectivity index (χ0n) is 21.5. The zero-order valence-corrected chi connectivity index (χ0v) is 21.5. The number of likely N-dealkylation sites (tertiary alicyclic amines) is 1. The fraction of sp³-hybridized carbons (Fsp3) is 0.536. The first-order valence-electron chi connectivity index (χ1n) is 13.0. The molecule has 2 aliphatic heterocycles. The number of amides is 1. The van der Waals surface area contributed by atoms with Crippen molar-refractivity contribution < 1.29 is 24.1 Å². The molecule has 2 heterocycles. The Bertz CT molecular complexity index is 1020. The number of hydrogen-bond donors (Lipinski definition) is 3. The summed E-state index contributed by atoms with van der Waals surface area (Å²) in [6.07, 6.45) is 5.28. The molecule has 8 heteroatoms. The number of phenolic OH excluding ortho intramolecular Hbond substituents is 1. The average molecular weight is 498 g/mol. The van der Waals surface area contributed by atoms with Crippen molar-refractivity contribution >= 4 is 5.91 Å². The van der Waals surface area contributed by atoms with E-state index in [9.17, 15) is 9.90 Å².